The number of aliphatic hydroxyl groups is 1. The van der Waals surface area contributed by atoms with Crippen molar-refractivity contribution in [3.8, 4) is 0 Å². The first-order valence-electron chi connectivity index (χ1n) is 9.30. The molecule has 1 aromatic rings. The van der Waals surface area contributed by atoms with Crippen LogP contribution in [0.1, 0.15) is 32.6 Å². The van der Waals surface area contributed by atoms with Crippen LogP contribution in [0.5, 0.6) is 0 Å². The molecule has 1 aromatic heterocycles. The second kappa shape index (κ2) is 8.62. The van der Waals surface area contributed by atoms with Crippen LogP contribution in [0.4, 0.5) is 11.6 Å². The number of rotatable bonds is 6. The van der Waals surface area contributed by atoms with Gasteiger partial charge in [-0.3, -0.25) is 0 Å². The molecule has 0 spiro atoms. The maximum atomic E-state index is 9.43. The smallest absolute Gasteiger partial charge is 0.134 e. The highest BCUT2D eigenvalue weighted by molar-refractivity contribution is 5.50. The van der Waals surface area contributed by atoms with E-state index in [1.54, 1.807) is 6.33 Å². The Balaban J connectivity index is 1.66. The Labute approximate surface area is 144 Å². The van der Waals surface area contributed by atoms with Gasteiger partial charge in [-0.15, -0.1) is 0 Å². The first-order valence-corrected chi connectivity index (χ1v) is 9.30. The number of anilines is 2. The largest absolute Gasteiger partial charge is 0.396 e. The van der Waals surface area contributed by atoms with E-state index in [1.807, 2.05) is 0 Å². The highest BCUT2D eigenvalue weighted by Gasteiger charge is 2.24. The molecule has 2 atom stereocenters. The van der Waals surface area contributed by atoms with Gasteiger partial charge in [-0.05, 0) is 44.4 Å². The van der Waals surface area contributed by atoms with Gasteiger partial charge in [0.2, 0.25) is 0 Å². The fraction of sp³-hybridized carbons (Fsp3) is 0.778. The Morgan fingerprint density at radius 1 is 1.08 bits per heavy atom. The van der Waals surface area contributed by atoms with Crippen LogP contribution < -0.4 is 9.80 Å². The van der Waals surface area contributed by atoms with Crippen molar-refractivity contribution in [2.45, 2.75) is 32.6 Å². The van der Waals surface area contributed by atoms with Crippen LogP contribution in [0.2, 0.25) is 0 Å². The average molecular weight is 334 g/mol. The Hall–Kier alpha value is -1.40. The van der Waals surface area contributed by atoms with Crippen molar-refractivity contribution < 1.29 is 9.84 Å². The molecule has 134 valence electrons. The van der Waals surface area contributed by atoms with E-state index in [2.05, 4.69) is 32.8 Å². The lowest BCUT2D eigenvalue weighted by molar-refractivity contribution is 0.104. The molecule has 2 fully saturated rings. The fourth-order valence-corrected chi connectivity index (χ4v) is 3.80. The van der Waals surface area contributed by atoms with E-state index in [0.29, 0.717) is 11.8 Å². The highest BCUT2D eigenvalue weighted by Crippen LogP contribution is 2.26. The van der Waals surface area contributed by atoms with E-state index in [9.17, 15) is 5.11 Å². The normalized spacial score (nSPS) is 25.1. The van der Waals surface area contributed by atoms with Crippen molar-refractivity contribution in [1.82, 2.24) is 9.97 Å². The third kappa shape index (κ3) is 4.36. The molecular weight excluding hydrogens is 304 g/mol. The number of piperidine rings is 2. The lowest BCUT2D eigenvalue weighted by atomic mass is 9.98. The van der Waals surface area contributed by atoms with Crippen LogP contribution in [0, 0.1) is 11.8 Å². The van der Waals surface area contributed by atoms with Gasteiger partial charge in [0.25, 0.3) is 0 Å². The monoisotopic (exact) mass is 334 g/mol. The molecule has 0 aromatic carbocycles. The second-order valence-electron chi connectivity index (χ2n) is 6.98. The maximum absolute atomic E-state index is 9.43. The summed E-state index contributed by atoms with van der Waals surface area (Å²) in [6.45, 7) is 7.91. The van der Waals surface area contributed by atoms with Crippen molar-refractivity contribution in [2.24, 2.45) is 11.8 Å². The minimum absolute atomic E-state index is 0.264. The molecule has 2 aliphatic heterocycles. The quantitative estimate of drug-likeness (QED) is 0.858. The zero-order valence-corrected chi connectivity index (χ0v) is 14.7. The van der Waals surface area contributed by atoms with Crippen LogP contribution in [0.25, 0.3) is 0 Å². The SMILES string of the molecule is CCOCC1CCCN(c2cc(N3CCCC(CO)C3)ncn2)C1. The zero-order chi connectivity index (χ0) is 16.8. The van der Waals surface area contributed by atoms with Crippen LogP contribution in [0.3, 0.4) is 0 Å². The summed E-state index contributed by atoms with van der Waals surface area (Å²) in [6, 6.07) is 2.11. The van der Waals surface area contributed by atoms with Gasteiger partial charge >= 0.3 is 0 Å². The van der Waals surface area contributed by atoms with Crippen molar-refractivity contribution in [2.75, 3.05) is 55.8 Å². The summed E-state index contributed by atoms with van der Waals surface area (Å²) in [7, 11) is 0. The molecule has 24 heavy (non-hydrogen) atoms. The van der Waals surface area contributed by atoms with Crippen LogP contribution in [-0.2, 0) is 4.74 Å². The van der Waals surface area contributed by atoms with Crippen molar-refractivity contribution in [3.05, 3.63) is 12.4 Å². The molecular formula is C18H30N4O2. The molecule has 0 amide bonds. The summed E-state index contributed by atoms with van der Waals surface area (Å²) in [4.78, 5) is 13.6. The predicted octanol–water partition coefficient (Wildman–Crippen LogP) is 1.94. The summed E-state index contributed by atoms with van der Waals surface area (Å²) in [5.41, 5.74) is 0. The summed E-state index contributed by atoms with van der Waals surface area (Å²) in [6.07, 6.45) is 6.33. The summed E-state index contributed by atoms with van der Waals surface area (Å²) in [5, 5.41) is 9.43. The minimum atomic E-state index is 0.264. The number of hydrogen-bond donors (Lipinski definition) is 1. The third-order valence-corrected chi connectivity index (χ3v) is 5.14. The lowest BCUT2D eigenvalue weighted by Crippen LogP contribution is -2.39. The third-order valence-electron chi connectivity index (χ3n) is 5.14. The van der Waals surface area contributed by atoms with Gasteiger partial charge in [0.15, 0.2) is 0 Å². The molecule has 6 heteroatoms. The Kier molecular flexibility index (Phi) is 6.26. The first-order chi connectivity index (χ1) is 11.8. The standard InChI is InChI=1S/C18H30N4O2/c1-2-24-13-16-6-4-8-22(11-16)18-9-17(19-14-20-18)21-7-3-5-15(10-21)12-23/h9,14-16,23H,2-8,10-13H2,1H3. The number of ether oxygens (including phenoxy) is 1. The van der Waals surface area contributed by atoms with Gasteiger partial charge in [-0.1, -0.05) is 0 Å². The first kappa shape index (κ1) is 17.4. The highest BCUT2D eigenvalue weighted by atomic mass is 16.5. The van der Waals surface area contributed by atoms with Gasteiger partial charge in [0.05, 0.1) is 6.61 Å². The van der Waals surface area contributed by atoms with Crippen LogP contribution >= 0.6 is 0 Å². The molecule has 3 rings (SSSR count). The van der Waals surface area contributed by atoms with Gasteiger partial charge in [0.1, 0.15) is 18.0 Å². The van der Waals surface area contributed by atoms with E-state index in [1.165, 1.54) is 12.8 Å². The number of aromatic nitrogens is 2. The van der Waals surface area contributed by atoms with Gasteiger partial charge < -0.3 is 19.6 Å². The van der Waals surface area contributed by atoms with Gasteiger partial charge in [0, 0.05) is 45.5 Å². The number of nitrogens with zero attached hydrogens (tertiary/aromatic N) is 4. The minimum Gasteiger partial charge on any atom is -0.396 e. The average Bonchev–Trinajstić information content (AvgIpc) is 2.67. The van der Waals surface area contributed by atoms with E-state index >= 15 is 0 Å². The predicted molar refractivity (Wildman–Crippen MR) is 95.5 cm³/mol. The molecule has 2 aliphatic rings. The van der Waals surface area contributed by atoms with Crippen molar-refractivity contribution >= 4 is 11.6 Å². The summed E-state index contributed by atoms with van der Waals surface area (Å²) in [5.74, 6) is 2.96. The molecule has 0 aliphatic carbocycles. The van der Waals surface area contributed by atoms with E-state index in [0.717, 1.165) is 63.9 Å². The number of hydrogen-bond acceptors (Lipinski definition) is 6. The van der Waals surface area contributed by atoms with Crippen LogP contribution in [0.15, 0.2) is 12.4 Å². The second-order valence-corrected chi connectivity index (χ2v) is 6.98. The van der Waals surface area contributed by atoms with Gasteiger partial charge in [-0.25, -0.2) is 9.97 Å². The molecule has 6 nitrogen and oxygen atoms in total. The van der Waals surface area contributed by atoms with E-state index in [-0.39, 0.29) is 6.61 Å². The molecule has 1 N–H and O–H groups in total. The molecule has 0 bridgehead atoms. The molecule has 0 radical (unpaired) electrons. The molecule has 2 saturated heterocycles. The summed E-state index contributed by atoms with van der Waals surface area (Å²) < 4.78 is 5.61. The summed E-state index contributed by atoms with van der Waals surface area (Å²) >= 11 is 0. The maximum Gasteiger partial charge on any atom is 0.134 e. The van der Waals surface area contributed by atoms with Crippen molar-refractivity contribution in [1.29, 1.82) is 0 Å². The van der Waals surface area contributed by atoms with Crippen LogP contribution in [-0.4, -0.2) is 61.1 Å². The Morgan fingerprint density at radius 2 is 1.71 bits per heavy atom. The number of aliphatic hydroxyl groups excluding tert-OH is 1. The molecule has 3 heterocycles. The van der Waals surface area contributed by atoms with Crippen molar-refractivity contribution in [3.63, 3.8) is 0 Å². The zero-order valence-electron chi connectivity index (χ0n) is 14.7. The van der Waals surface area contributed by atoms with Gasteiger partial charge in [-0.2, -0.15) is 0 Å². The topological polar surface area (TPSA) is 61.7 Å². The molecule has 0 saturated carbocycles. The lowest BCUT2D eigenvalue weighted by Gasteiger charge is -2.35. The van der Waals surface area contributed by atoms with E-state index < -0.39 is 0 Å². The Bertz CT molecular complexity index is 514. The fourth-order valence-electron chi connectivity index (χ4n) is 3.80. The molecule has 2 unspecified atom stereocenters. The van der Waals surface area contributed by atoms with E-state index in [4.69, 9.17) is 4.74 Å². The Morgan fingerprint density at radius 3 is 2.33 bits per heavy atom.